The molecular weight excluding hydrogens is 308 g/mol. The first-order chi connectivity index (χ1) is 12.0. The first kappa shape index (κ1) is 22.0. The van der Waals surface area contributed by atoms with Crippen LogP contribution in [0.15, 0.2) is 18.2 Å². The molecule has 1 aromatic carbocycles. The highest BCUT2D eigenvalue weighted by Gasteiger charge is 2.21. The van der Waals surface area contributed by atoms with E-state index in [-0.39, 0.29) is 6.04 Å². The van der Waals surface area contributed by atoms with Crippen LogP contribution in [0, 0.1) is 0 Å². The number of hydrogen-bond donors (Lipinski definition) is 1. The SMILES string of the molecule is CCCN(CCC)C(C)c1ccc(O)c(C(C)N(CCC)CCC)c1. The molecule has 0 radical (unpaired) electrons. The van der Waals surface area contributed by atoms with Crippen LogP contribution in [0.25, 0.3) is 0 Å². The number of aromatic hydroxyl groups is 1. The van der Waals surface area contributed by atoms with Crippen molar-refractivity contribution < 1.29 is 5.11 Å². The van der Waals surface area contributed by atoms with E-state index >= 15 is 0 Å². The van der Waals surface area contributed by atoms with Gasteiger partial charge in [-0.05, 0) is 83.4 Å². The molecule has 0 aliphatic heterocycles. The van der Waals surface area contributed by atoms with Crippen LogP contribution >= 0.6 is 0 Å². The van der Waals surface area contributed by atoms with Crippen molar-refractivity contribution in [1.29, 1.82) is 0 Å². The molecule has 1 N–H and O–H groups in total. The van der Waals surface area contributed by atoms with Crippen LogP contribution in [0.3, 0.4) is 0 Å². The molecule has 0 heterocycles. The largest absolute Gasteiger partial charge is 0.508 e. The Bertz CT molecular complexity index is 477. The third-order valence-electron chi connectivity index (χ3n) is 5.12. The average Bonchev–Trinajstić information content (AvgIpc) is 2.60. The molecule has 3 heteroatoms. The summed E-state index contributed by atoms with van der Waals surface area (Å²) in [5.41, 5.74) is 2.38. The molecule has 0 aliphatic rings. The van der Waals surface area contributed by atoms with E-state index in [1.807, 2.05) is 6.07 Å². The normalized spacial score (nSPS) is 14.2. The predicted octanol–water partition coefficient (Wildman–Crippen LogP) is 5.76. The van der Waals surface area contributed by atoms with Crippen molar-refractivity contribution in [3.8, 4) is 5.75 Å². The number of benzene rings is 1. The lowest BCUT2D eigenvalue weighted by Crippen LogP contribution is -2.30. The fourth-order valence-corrected chi connectivity index (χ4v) is 3.72. The summed E-state index contributed by atoms with van der Waals surface area (Å²) < 4.78 is 0. The highest BCUT2D eigenvalue weighted by atomic mass is 16.3. The van der Waals surface area contributed by atoms with E-state index in [1.165, 1.54) is 18.4 Å². The fourth-order valence-electron chi connectivity index (χ4n) is 3.72. The highest BCUT2D eigenvalue weighted by molar-refractivity contribution is 5.39. The summed E-state index contributed by atoms with van der Waals surface area (Å²) in [6.07, 6.45) is 4.63. The molecule has 1 rings (SSSR count). The lowest BCUT2D eigenvalue weighted by molar-refractivity contribution is 0.203. The Morgan fingerprint density at radius 2 is 1.20 bits per heavy atom. The van der Waals surface area contributed by atoms with E-state index in [4.69, 9.17) is 0 Å². The molecule has 25 heavy (non-hydrogen) atoms. The molecule has 0 amide bonds. The molecule has 0 spiro atoms. The molecule has 0 aliphatic carbocycles. The number of rotatable bonds is 12. The second-order valence-corrected chi connectivity index (χ2v) is 7.24. The van der Waals surface area contributed by atoms with Gasteiger partial charge < -0.3 is 5.11 Å². The Morgan fingerprint density at radius 3 is 1.64 bits per heavy atom. The van der Waals surface area contributed by atoms with Crippen LogP contribution in [-0.2, 0) is 0 Å². The van der Waals surface area contributed by atoms with Gasteiger partial charge in [-0.1, -0.05) is 33.8 Å². The molecule has 0 fully saturated rings. The van der Waals surface area contributed by atoms with Gasteiger partial charge in [-0.15, -0.1) is 0 Å². The van der Waals surface area contributed by atoms with E-state index in [9.17, 15) is 5.11 Å². The zero-order valence-corrected chi connectivity index (χ0v) is 17.4. The Kier molecular flexibility index (Phi) is 10.1. The van der Waals surface area contributed by atoms with Crippen LogP contribution < -0.4 is 0 Å². The summed E-state index contributed by atoms with van der Waals surface area (Å²) in [6, 6.07) is 6.86. The smallest absolute Gasteiger partial charge is 0.120 e. The van der Waals surface area contributed by atoms with Crippen molar-refractivity contribution in [3.63, 3.8) is 0 Å². The summed E-state index contributed by atoms with van der Waals surface area (Å²) in [5.74, 6) is 0.429. The van der Waals surface area contributed by atoms with E-state index in [0.29, 0.717) is 11.8 Å². The number of phenolic OH excluding ortho intramolecular Hbond substituents is 1. The minimum Gasteiger partial charge on any atom is -0.508 e. The second kappa shape index (κ2) is 11.5. The van der Waals surface area contributed by atoms with Gasteiger partial charge in [0.2, 0.25) is 0 Å². The van der Waals surface area contributed by atoms with Gasteiger partial charge in [-0.2, -0.15) is 0 Å². The van der Waals surface area contributed by atoms with Crippen LogP contribution in [0.5, 0.6) is 5.75 Å². The summed E-state index contributed by atoms with van der Waals surface area (Å²) in [4.78, 5) is 5.04. The minimum atomic E-state index is 0.248. The minimum absolute atomic E-state index is 0.248. The van der Waals surface area contributed by atoms with Gasteiger partial charge >= 0.3 is 0 Å². The summed E-state index contributed by atoms with van der Waals surface area (Å²) in [7, 11) is 0. The monoisotopic (exact) mass is 348 g/mol. The Morgan fingerprint density at radius 1 is 0.760 bits per heavy atom. The topological polar surface area (TPSA) is 26.7 Å². The first-order valence-corrected chi connectivity index (χ1v) is 10.3. The lowest BCUT2D eigenvalue weighted by Gasteiger charge is -2.32. The van der Waals surface area contributed by atoms with Gasteiger partial charge in [0.1, 0.15) is 5.75 Å². The molecule has 2 unspecified atom stereocenters. The number of nitrogens with zero attached hydrogens (tertiary/aromatic N) is 2. The van der Waals surface area contributed by atoms with Gasteiger partial charge in [0.15, 0.2) is 0 Å². The van der Waals surface area contributed by atoms with Crippen molar-refractivity contribution >= 4 is 0 Å². The molecule has 2 atom stereocenters. The Hall–Kier alpha value is -1.06. The second-order valence-electron chi connectivity index (χ2n) is 7.24. The zero-order valence-electron chi connectivity index (χ0n) is 17.4. The standard InChI is InChI=1S/C22H40N2O/c1-7-13-23(14-8-2)18(5)20-11-12-22(25)21(17-20)19(6)24(15-9-3)16-10-4/h11-12,17-19,25H,7-10,13-16H2,1-6H3. The van der Waals surface area contributed by atoms with Crippen molar-refractivity contribution in [2.45, 2.75) is 79.3 Å². The van der Waals surface area contributed by atoms with E-state index in [1.54, 1.807) is 0 Å². The molecule has 0 saturated heterocycles. The van der Waals surface area contributed by atoms with E-state index < -0.39 is 0 Å². The van der Waals surface area contributed by atoms with E-state index in [0.717, 1.165) is 44.6 Å². The molecular formula is C22H40N2O. The fraction of sp³-hybridized carbons (Fsp3) is 0.727. The van der Waals surface area contributed by atoms with Crippen LogP contribution in [0.4, 0.5) is 0 Å². The quantitative estimate of drug-likeness (QED) is 0.520. The van der Waals surface area contributed by atoms with Crippen molar-refractivity contribution in [2.75, 3.05) is 26.2 Å². The predicted molar refractivity (Wildman–Crippen MR) is 109 cm³/mol. The third kappa shape index (κ3) is 6.31. The lowest BCUT2D eigenvalue weighted by atomic mass is 9.98. The van der Waals surface area contributed by atoms with Crippen molar-refractivity contribution in [2.24, 2.45) is 0 Å². The third-order valence-corrected chi connectivity index (χ3v) is 5.12. The van der Waals surface area contributed by atoms with Gasteiger partial charge in [-0.3, -0.25) is 9.80 Å². The molecule has 0 aromatic heterocycles. The molecule has 0 bridgehead atoms. The van der Waals surface area contributed by atoms with Crippen molar-refractivity contribution in [1.82, 2.24) is 9.80 Å². The van der Waals surface area contributed by atoms with Crippen LogP contribution in [-0.4, -0.2) is 41.1 Å². The summed E-state index contributed by atoms with van der Waals surface area (Å²) in [6.45, 7) is 17.9. The van der Waals surface area contributed by atoms with Gasteiger partial charge in [0.25, 0.3) is 0 Å². The Balaban J connectivity index is 3.08. The van der Waals surface area contributed by atoms with Crippen molar-refractivity contribution in [3.05, 3.63) is 29.3 Å². The maximum absolute atomic E-state index is 10.5. The van der Waals surface area contributed by atoms with Crippen LogP contribution in [0.2, 0.25) is 0 Å². The van der Waals surface area contributed by atoms with Gasteiger partial charge in [-0.25, -0.2) is 0 Å². The molecule has 144 valence electrons. The number of phenols is 1. The number of hydrogen-bond acceptors (Lipinski definition) is 3. The highest BCUT2D eigenvalue weighted by Crippen LogP contribution is 2.32. The Labute approximate surface area is 156 Å². The van der Waals surface area contributed by atoms with Crippen LogP contribution in [0.1, 0.15) is 90.4 Å². The molecule has 1 aromatic rings. The van der Waals surface area contributed by atoms with Gasteiger partial charge in [0.05, 0.1) is 0 Å². The van der Waals surface area contributed by atoms with Gasteiger partial charge in [0, 0.05) is 17.6 Å². The maximum Gasteiger partial charge on any atom is 0.120 e. The van der Waals surface area contributed by atoms with E-state index in [2.05, 4.69) is 63.5 Å². The average molecular weight is 349 g/mol. The molecule has 0 saturated carbocycles. The summed E-state index contributed by atoms with van der Waals surface area (Å²) in [5, 5.41) is 10.5. The maximum atomic E-state index is 10.5. The summed E-state index contributed by atoms with van der Waals surface area (Å²) >= 11 is 0. The molecule has 3 nitrogen and oxygen atoms in total. The zero-order chi connectivity index (χ0) is 18.8. The first-order valence-electron chi connectivity index (χ1n) is 10.3.